The Morgan fingerprint density at radius 1 is 0.897 bits per heavy atom. The lowest BCUT2D eigenvalue weighted by Crippen LogP contribution is -2.12. The van der Waals surface area contributed by atoms with Crippen LogP contribution < -0.4 is 19.5 Å². The molecule has 3 rings (SSSR count). The minimum atomic E-state index is -0.231. The van der Waals surface area contributed by atoms with Gasteiger partial charge in [-0.05, 0) is 50.2 Å². The third-order valence-electron chi connectivity index (χ3n) is 4.09. The Kier molecular flexibility index (Phi) is 6.63. The molecule has 0 bridgehead atoms. The number of ether oxygens (including phenoxy) is 3. The number of carbonyl (C=O) groups excluding carboxylic acids is 1. The number of carbonyl (C=O) groups is 1. The third-order valence-corrected chi connectivity index (χ3v) is 4.09. The van der Waals surface area contributed by atoms with Crippen LogP contribution >= 0.6 is 0 Å². The lowest BCUT2D eigenvalue weighted by molar-refractivity contribution is 0.102. The van der Waals surface area contributed by atoms with Gasteiger partial charge in [0.25, 0.3) is 5.91 Å². The highest BCUT2D eigenvalue weighted by Crippen LogP contribution is 2.29. The van der Waals surface area contributed by atoms with Gasteiger partial charge in [0.05, 0.1) is 26.0 Å². The largest absolute Gasteiger partial charge is 0.490 e. The molecule has 0 aliphatic heterocycles. The molecule has 7 heteroatoms. The Hall–Kier alpha value is -3.61. The van der Waals surface area contributed by atoms with E-state index in [1.807, 2.05) is 44.2 Å². The van der Waals surface area contributed by atoms with Crippen molar-refractivity contribution in [1.82, 2.24) is 10.2 Å². The van der Waals surface area contributed by atoms with Crippen LogP contribution in [0.15, 0.2) is 54.6 Å². The zero-order valence-corrected chi connectivity index (χ0v) is 16.6. The van der Waals surface area contributed by atoms with Crippen molar-refractivity contribution in [2.24, 2.45) is 0 Å². The van der Waals surface area contributed by atoms with Gasteiger partial charge in [-0.2, -0.15) is 0 Å². The molecule has 150 valence electrons. The number of nitrogens with zero attached hydrogens (tertiary/aromatic N) is 2. The molecule has 0 aliphatic carbocycles. The van der Waals surface area contributed by atoms with E-state index >= 15 is 0 Å². The molecule has 1 aromatic heterocycles. The van der Waals surface area contributed by atoms with Crippen molar-refractivity contribution in [3.05, 3.63) is 60.2 Å². The number of anilines is 1. The van der Waals surface area contributed by atoms with Gasteiger partial charge in [0.2, 0.25) is 5.88 Å². The van der Waals surface area contributed by atoms with E-state index in [1.165, 1.54) is 0 Å². The number of nitrogens with one attached hydrogen (secondary N) is 1. The molecule has 0 aliphatic rings. The second-order valence-corrected chi connectivity index (χ2v) is 6.02. The zero-order chi connectivity index (χ0) is 20.6. The first-order chi connectivity index (χ1) is 14.1. The molecule has 1 heterocycles. The maximum atomic E-state index is 12.6. The molecule has 0 fully saturated rings. The van der Waals surface area contributed by atoms with E-state index in [4.69, 9.17) is 14.2 Å². The predicted molar refractivity (Wildman–Crippen MR) is 111 cm³/mol. The van der Waals surface area contributed by atoms with Crippen LogP contribution in [0.2, 0.25) is 0 Å². The van der Waals surface area contributed by atoms with E-state index in [2.05, 4.69) is 15.5 Å². The first-order valence-electron chi connectivity index (χ1n) is 9.33. The Morgan fingerprint density at radius 3 is 2.24 bits per heavy atom. The summed E-state index contributed by atoms with van der Waals surface area (Å²) in [5.74, 6) is 1.40. The van der Waals surface area contributed by atoms with Gasteiger partial charge in [-0.1, -0.05) is 12.1 Å². The van der Waals surface area contributed by atoms with Gasteiger partial charge < -0.3 is 19.5 Å². The molecule has 0 saturated heterocycles. The lowest BCUT2D eigenvalue weighted by Gasteiger charge is -2.12. The van der Waals surface area contributed by atoms with Crippen LogP contribution in [-0.2, 0) is 0 Å². The molecule has 0 spiro atoms. The number of benzene rings is 2. The number of hydrogen-bond acceptors (Lipinski definition) is 6. The summed E-state index contributed by atoms with van der Waals surface area (Å²) in [5.41, 5.74) is 2.77. The molecular weight excluding hydrogens is 370 g/mol. The van der Waals surface area contributed by atoms with Crippen molar-refractivity contribution < 1.29 is 19.0 Å². The molecule has 7 nitrogen and oxygen atoms in total. The summed E-state index contributed by atoms with van der Waals surface area (Å²) in [6.07, 6.45) is 0. The quantitative estimate of drug-likeness (QED) is 0.618. The SMILES string of the molecule is CCOc1ccc(C(=O)Nc2ccc(-c3ccc(OC)nn3)cc2)cc1OCC. The van der Waals surface area contributed by atoms with Crippen LogP contribution in [0.5, 0.6) is 17.4 Å². The van der Waals surface area contributed by atoms with Crippen LogP contribution in [0.1, 0.15) is 24.2 Å². The number of methoxy groups -OCH3 is 1. The molecule has 29 heavy (non-hydrogen) atoms. The number of aromatic nitrogens is 2. The van der Waals surface area contributed by atoms with Crippen molar-refractivity contribution in [3.63, 3.8) is 0 Å². The number of rotatable bonds is 8. The first kappa shape index (κ1) is 20.1. The summed E-state index contributed by atoms with van der Waals surface area (Å²) in [6.45, 7) is 4.80. The molecule has 1 amide bonds. The van der Waals surface area contributed by atoms with Crippen molar-refractivity contribution in [3.8, 4) is 28.6 Å². The van der Waals surface area contributed by atoms with Crippen molar-refractivity contribution in [2.45, 2.75) is 13.8 Å². The molecular formula is C22H23N3O4. The second-order valence-electron chi connectivity index (χ2n) is 6.02. The standard InChI is InChI=1S/C22H23N3O4/c1-4-28-19-12-8-16(14-20(19)29-5-2)22(26)23-17-9-6-15(7-10-17)18-11-13-21(27-3)25-24-18/h6-14H,4-5H2,1-3H3,(H,23,26). The van der Waals surface area contributed by atoms with E-state index in [1.54, 1.807) is 31.4 Å². The fourth-order valence-corrected chi connectivity index (χ4v) is 2.70. The number of amides is 1. The zero-order valence-electron chi connectivity index (χ0n) is 16.6. The molecule has 0 radical (unpaired) electrons. The lowest BCUT2D eigenvalue weighted by atomic mass is 10.1. The molecule has 2 aromatic carbocycles. The van der Waals surface area contributed by atoms with E-state index in [0.29, 0.717) is 41.8 Å². The summed E-state index contributed by atoms with van der Waals surface area (Å²) in [5, 5.41) is 11.0. The fraction of sp³-hybridized carbons (Fsp3) is 0.227. The highest BCUT2D eigenvalue weighted by molar-refractivity contribution is 6.04. The Morgan fingerprint density at radius 2 is 1.62 bits per heavy atom. The van der Waals surface area contributed by atoms with Crippen molar-refractivity contribution >= 4 is 11.6 Å². The van der Waals surface area contributed by atoms with Crippen LogP contribution in [0.25, 0.3) is 11.3 Å². The van der Waals surface area contributed by atoms with Gasteiger partial charge in [0.1, 0.15) is 0 Å². The summed E-state index contributed by atoms with van der Waals surface area (Å²) in [4.78, 5) is 12.6. The minimum Gasteiger partial charge on any atom is -0.490 e. The van der Waals surface area contributed by atoms with E-state index in [0.717, 1.165) is 11.3 Å². The Balaban J connectivity index is 1.72. The first-order valence-corrected chi connectivity index (χ1v) is 9.33. The van der Waals surface area contributed by atoms with Crippen LogP contribution in [-0.4, -0.2) is 36.4 Å². The van der Waals surface area contributed by atoms with Crippen LogP contribution in [0.3, 0.4) is 0 Å². The average molecular weight is 393 g/mol. The average Bonchev–Trinajstić information content (AvgIpc) is 2.76. The Bertz CT molecular complexity index is 957. The molecule has 0 saturated carbocycles. The molecule has 3 aromatic rings. The van der Waals surface area contributed by atoms with E-state index < -0.39 is 0 Å². The number of hydrogen-bond donors (Lipinski definition) is 1. The summed E-state index contributed by atoms with van der Waals surface area (Å²) >= 11 is 0. The predicted octanol–water partition coefficient (Wildman–Crippen LogP) is 4.20. The minimum absolute atomic E-state index is 0.231. The second kappa shape index (κ2) is 9.54. The normalized spacial score (nSPS) is 10.3. The van der Waals surface area contributed by atoms with E-state index in [-0.39, 0.29) is 5.91 Å². The Labute approximate surface area is 169 Å². The van der Waals surface area contributed by atoms with Gasteiger partial charge >= 0.3 is 0 Å². The van der Waals surface area contributed by atoms with Crippen molar-refractivity contribution in [2.75, 3.05) is 25.6 Å². The maximum Gasteiger partial charge on any atom is 0.255 e. The molecule has 0 unspecified atom stereocenters. The fourth-order valence-electron chi connectivity index (χ4n) is 2.70. The monoisotopic (exact) mass is 393 g/mol. The summed E-state index contributed by atoms with van der Waals surface area (Å²) < 4.78 is 16.1. The maximum absolute atomic E-state index is 12.6. The van der Waals surface area contributed by atoms with Gasteiger partial charge in [0, 0.05) is 22.9 Å². The van der Waals surface area contributed by atoms with Crippen LogP contribution in [0, 0.1) is 0 Å². The van der Waals surface area contributed by atoms with Gasteiger partial charge in [-0.3, -0.25) is 4.79 Å². The summed E-state index contributed by atoms with van der Waals surface area (Å²) in [7, 11) is 1.54. The topological polar surface area (TPSA) is 82.6 Å². The summed E-state index contributed by atoms with van der Waals surface area (Å²) in [6, 6.07) is 16.1. The smallest absolute Gasteiger partial charge is 0.255 e. The van der Waals surface area contributed by atoms with Gasteiger partial charge in [-0.25, -0.2) is 0 Å². The third kappa shape index (κ3) is 5.01. The molecule has 1 N–H and O–H groups in total. The van der Waals surface area contributed by atoms with E-state index in [9.17, 15) is 4.79 Å². The van der Waals surface area contributed by atoms with Gasteiger partial charge in [-0.15, -0.1) is 10.2 Å². The van der Waals surface area contributed by atoms with Crippen molar-refractivity contribution in [1.29, 1.82) is 0 Å². The highest BCUT2D eigenvalue weighted by atomic mass is 16.5. The highest BCUT2D eigenvalue weighted by Gasteiger charge is 2.12. The molecule has 0 atom stereocenters. The van der Waals surface area contributed by atoms with Crippen LogP contribution in [0.4, 0.5) is 5.69 Å². The van der Waals surface area contributed by atoms with Gasteiger partial charge in [0.15, 0.2) is 11.5 Å².